The van der Waals surface area contributed by atoms with Crippen LogP contribution in [-0.4, -0.2) is 41.0 Å². The van der Waals surface area contributed by atoms with Crippen molar-refractivity contribution in [3.8, 4) is 11.5 Å². The summed E-state index contributed by atoms with van der Waals surface area (Å²) in [5, 5.41) is 12.8. The number of amides is 1. The number of aryl methyl sites for hydroxylation is 1. The van der Waals surface area contributed by atoms with Gasteiger partial charge in [-0.25, -0.2) is 9.89 Å². The number of nitrogens with one attached hydrogen (secondary N) is 3. The first-order valence-electron chi connectivity index (χ1n) is 8.93. The number of anilines is 2. The van der Waals surface area contributed by atoms with Gasteiger partial charge in [0, 0.05) is 5.69 Å². The monoisotopic (exact) mass is 408 g/mol. The minimum absolute atomic E-state index is 0.166. The number of methoxy groups -OCH3 is 1. The van der Waals surface area contributed by atoms with E-state index < -0.39 is 5.69 Å². The number of nitrogens with zero attached hydrogens (tertiary/aromatic N) is 3. The molecular weight excluding hydrogens is 388 g/mol. The Kier molecular flexibility index (Phi) is 6.72. The van der Waals surface area contributed by atoms with E-state index in [1.165, 1.54) is 13.3 Å². The van der Waals surface area contributed by atoms with Gasteiger partial charge in [-0.3, -0.25) is 10.2 Å². The molecule has 0 spiro atoms. The molecule has 3 aromatic rings. The van der Waals surface area contributed by atoms with Gasteiger partial charge < -0.3 is 14.8 Å². The highest BCUT2D eigenvalue weighted by atomic mass is 16.5. The summed E-state index contributed by atoms with van der Waals surface area (Å²) in [5.41, 5.74) is 4.00. The largest absolute Gasteiger partial charge is 0.493 e. The van der Waals surface area contributed by atoms with E-state index in [-0.39, 0.29) is 18.3 Å². The molecule has 0 fully saturated rings. The van der Waals surface area contributed by atoms with Crippen LogP contribution in [0.5, 0.6) is 11.5 Å². The van der Waals surface area contributed by atoms with E-state index in [4.69, 9.17) is 9.47 Å². The van der Waals surface area contributed by atoms with Crippen LogP contribution in [0, 0.1) is 6.92 Å². The van der Waals surface area contributed by atoms with Crippen LogP contribution in [0.1, 0.15) is 11.3 Å². The molecule has 0 saturated carbocycles. The number of hydrazone groups is 1. The molecule has 3 N–H and O–H groups in total. The van der Waals surface area contributed by atoms with Gasteiger partial charge in [-0.15, -0.1) is 0 Å². The van der Waals surface area contributed by atoms with E-state index in [2.05, 4.69) is 31.0 Å². The topological polar surface area (TPSA) is 131 Å². The summed E-state index contributed by atoms with van der Waals surface area (Å²) in [6.45, 7) is 1.52. The molecule has 154 valence electrons. The molecule has 0 aliphatic heterocycles. The number of ether oxygens (including phenoxy) is 2. The van der Waals surface area contributed by atoms with Gasteiger partial charge in [0.25, 0.3) is 5.91 Å². The molecule has 3 rings (SSSR count). The predicted octanol–water partition coefficient (Wildman–Crippen LogP) is 1.95. The summed E-state index contributed by atoms with van der Waals surface area (Å²) >= 11 is 0. The lowest BCUT2D eigenvalue weighted by atomic mass is 10.2. The molecule has 0 radical (unpaired) electrons. The second-order valence-corrected chi connectivity index (χ2v) is 6.06. The molecule has 30 heavy (non-hydrogen) atoms. The van der Waals surface area contributed by atoms with Crippen molar-refractivity contribution in [2.24, 2.45) is 5.10 Å². The third-order valence-electron chi connectivity index (χ3n) is 3.86. The van der Waals surface area contributed by atoms with E-state index in [0.29, 0.717) is 28.4 Å². The van der Waals surface area contributed by atoms with E-state index in [0.717, 1.165) is 0 Å². The van der Waals surface area contributed by atoms with Crippen molar-refractivity contribution in [3.63, 3.8) is 0 Å². The molecule has 1 heterocycles. The lowest BCUT2D eigenvalue weighted by Gasteiger charge is -2.11. The van der Waals surface area contributed by atoms with E-state index >= 15 is 0 Å². The van der Waals surface area contributed by atoms with E-state index in [1.807, 2.05) is 18.2 Å². The average molecular weight is 408 g/mol. The fraction of sp³-hybridized carbons (Fsp3) is 0.150. The number of carbonyl (C=O) groups is 1. The van der Waals surface area contributed by atoms with Crippen molar-refractivity contribution in [2.75, 3.05) is 24.5 Å². The lowest BCUT2D eigenvalue weighted by Crippen LogP contribution is -2.20. The molecule has 10 nitrogen and oxygen atoms in total. The van der Waals surface area contributed by atoms with Crippen molar-refractivity contribution < 1.29 is 14.3 Å². The Bertz CT molecular complexity index is 1100. The quantitative estimate of drug-likeness (QED) is 0.383. The van der Waals surface area contributed by atoms with E-state index in [9.17, 15) is 9.59 Å². The zero-order valence-electron chi connectivity index (χ0n) is 16.4. The summed E-state index contributed by atoms with van der Waals surface area (Å²) in [6.07, 6.45) is 1.52. The minimum Gasteiger partial charge on any atom is -0.493 e. The van der Waals surface area contributed by atoms with Gasteiger partial charge in [0.05, 0.1) is 13.3 Å². The van der Waals surface area contributed by atoms with Gasteiger partial charge in [0.15, 0.2) is 23.9 Å². The highest BCUT2D eigenvalue weighted by Crippen LogP contribution is 2.27. The highest BCUT2D eigenvalue weighted by molar-refractivity contribution is 5.91. The predicted molar refractivity (Wildman–Crippen MR) is 112 cm³/mol. The van der Waals surface area contributed by atoms with Gasteiger partial charge in [-0.2, -0.15) is 15.2 Å². The molecule has 0 bridgehead atoms. The van der Waals surface area contributed by atoms with Gasteiger partial charge in [0.2, 0.25) is 0 Å². The Morgan fingerprint density at radius 1 is 1.20 bits per heavy atom. The van der Waals surface area contributed by atoms with Crippen LogP contribution < -0.4 is 25.9 Å². The molecule has 0 aliphatic rings. The van der Waals surface area contributed by atoms with Crippen molar-refractivity contribution in [1.82, 2.24) is 15.2 Å². The molecule has 0 atom stereocenters. The molecule has 2 aromatic carbocycles. The molecule has 10 heteroatoms. The summed E-state index contributed by atoms with van der Waals surface area (Å²) in [6, 6.07) is 14.2. The number of benzene rings is 2. The molecule has 1 amide bonds. The van der Waals surface area contributed by atoms with Gasteiger partial charge in [-0.05, 0) is 42.8 Å². The Morgan fingerprint density at radius 3 is 2.77 bits per heavy atom. The fourth-order valence-corrected chi connectivity index (χ4v) is 2.41. The first-order valence-corrected chi connectivity index (χ1v) is 8.93. The second kappa shape index (κ2) is 9.82. The maximum absolute atomic E-state index is 12.0. The summed E-state index contributed by atoms with van der Waals surface area (Å²) in [7, 11) is 1.50. The number of para-hydroxylation sites is 1. The lowest BCUT2D eigenvalue weighted by molar-refractivity contribution is -0.118. The third kappa shape index (κ3) is 5.64. The number of hydrogen-bond donors (Lipinski definition) is 3. The first-order chi connectivity index (χ1) is 14.5. The second-order valence-electron chi connectivity index (χ2n) is 6.06. The van der Waals surface area contributed by atoms with Crippen LogP contribution in [-0.2, 0) is 4.79 Å². The van der Waals surface area contributed by atoms with Gasteiger partial charge in [0.1, 0.15) is 5.69 Å². The van der Waals surface area contributed by atoms with Gasteiger partial charge in [-0.1, -0.05) is 18.2 Å². The van der Waals surface area contributed by atoms with Gasteiger partial charge >= 0.3 is 5.69 Å². The number of aromatic nitrogens is 3. The van der Waals surface area contributed by atoms with Crippen LogP contribution in [0.4, 0.5) is 11.5 Å². The number of carbonyl (C=O) groups excluding carboxylic acids is 1. The van der Waals surface area contributed by atoms with Crippen LogP contribution in [0.3, 0.4) is 0 Å². The minimum atomic E-state index is -0.572. The average Bonchev–Trinajstić information content (AvgIpc) is 2.75. The zero-order chi connectivity index (χ0) is 21.3. The summed E-state index contributed by atoms with van der Waals surface area (Å²) in [5.74, 6) is 0.833. The van der Waals surface area contributed by atoms with Crippen molar-refractivity contribution in [1.29, 1.82) is 0 Å². The standard InChI is InChI=1S/C20H20N6O4/c1-13-19(23-20(28)26-24-13)25-21-11-14-8-9-16(17(10-14)29-2)30-12-18(27)22-15-6-4-3-5-7-15/h3-11H,12H2,1-2H3,(H,22,27)(H2,23,25,26,28)/b21-11+. The van der Waals surface area contributed by atoms with Crippen molar-refractivity contribution in [3.05, 3.63) is 70.3 Å². The van der Waals surface area contributed by atoms with Crippen LogP contribution in [0.2, 0.25) is 0 Å². The number of rotatable bonds is 8. The first kappa shape index (κ1) is 20.5. The SMILES string of the molecule is COc1cc(/C=N/Nc2nc(=O)[nH]nc2C)ccc1OCC(=O)Nc1ccccc1. The molecule has 0 aliphatic carbocycles. The Morgan fingerprint density at radius 2 is 2.00 bits per heavy atom. The Balaban J connectivity index is 1.60. The van der Waals surface area contributed by atoms with Crippen LogP contribution in [0.25, 0.3) is 0 Å². The van der Waals surface area contributed by atoms with E-state index in [1.54, 1.807) is 37.3 Å². The third-order valence-corrected chi connectivity index (χ3v) is 3.86. The van der Waals surface area contributed by atoms with Crippen LogP contribution >= 0.6 is 0 Å². The molecular formula is C20H20N6O4. The Hall–Kier alpha value is -4.21. The molecule has 1 aromatic heterocycles. The normalized spacial score (nSPS) is 10.6. The molecule has 0 unspecified atom stereocenters. The number of H-pyrrole nitrogens is 1. The highest BCUT2D eigenvalue weighted by Gasteiger charge is 2.09. The Labute approximate surface area is 172 Å². The fourth-order valence-electron chi connectivity index (χ4n) is 2.41. The zero-order valence-corrected chi connectivity index (χ0v) is 16.4. The smallest absolute Gasteiger partial charge is 0.363 e. The van der Waals surface area contributed by atoms with Crippen molar-refractivity contribution in [2.45, 2.75) is 6.92 Å². The number of hydrogen-bond acceptors (Lipinski definition) is 8. The van der Waals surface area contributed by atoms with Crippen molar-refractivity contribution >= 4 is 23.6 Å². The maximum atomic E-state index is 12.0. The number of aromatic amines is 1. The molecule has 0 saturated heterocycles. The summed E-state index contributed by atoms with van der Waals surface area (Å²) < 4.78 is 10.9. The maximum Gasteiger partial charge on any atom is 0.363 e. The summed E-state index contributed by atoms with van der Waals surface area (Å²) in [4.78, 5) is 27.0. The van der Waals surface area contributed by atoms with Crippen LogP contribution in [0.15, 0.2) is 58.4 Å².